The van der Waals surface area contributed by atoms with Gasteiger partial charge in [-0.3, -0.25) is 4.79 Å². The maximum absolute atomic E-state index is 12.9. The maximum atomic E-state index is 12.9. The Balaban J connectivity index is 1.54. The molecular weight excluding hydrogens is 347 g/mol. The highest BCUT2D eigenvalue weighted by Crippen LogP contribution is 2.16. The number of hydrogen-bond acceptors (Lipinski definition) is 4. The van der Waals surface area contributed by atoms with Crippen LogP contribution in [0.5, 0.6) is 0 Å². The number of nitrogens with zero attached hydrogens (tertiary/aromatic N) is 2. The van der Waals surface area contributed by atoms with Gasteiger partial charge in [-0.05, 0) is 36.2 Å². The Hall–Kier alpha value is -3.06. The van der Waals surface area contributed by atoms with Gasteiger partial charge >= 0.3 is 0 Å². The number of aryl methyl sites for hydroxylation is 1. The van der Waals surface area contributed by atoms with Crippen LogP contribution in [0.1, 0.15) is 18.4 Å². The number of aromatic nitrogens is 2. The molecule has 2 aromatic carbocycles. The molecule has 0 saturated carbocycles. The third-order valence-corrected chi connectivity index (χ3v) is 4.13. The Morgan fingerprint density at radius 2 is 1.85 bits per heavy atom. The predicted octanol–water partition coefficient (Wildman–Crippen LogP) is 2.09. The molecule has 140 valence electrons. The minimum Gasteiger partial charge on any atom is -0.333 e. The minimum absolute atomic E-state index is 0.172. The van der Waals surface area contributed by atoms with Gasteiger partial charge in [-0.1, -0.05) is 36.3 Å². The molecule has 0 radical (unpaired) electrons. The first-order valence-electron chi connectivity index (χ1n) is 8.82. The molecule has 3 rings (SSSR count). The van der Waals surface area contributed by atoms with Gasteiger partial charge in [0.15, 0.2) is 13.1 Å². The van der Waals surface area contributed by atoms with Gasteiger partial charge in [-0.25, -0.2) is 4.39 Å². The zero-order chi connectivity index (χ0) is 19.2. The molecule has 0 aliphatic rings. The fourth-order valence-corrected chi connectivity index (χ4v) is 2.67. The van der Waals surface area contributed by atoms with E-state index in [1.54, 1.807) is 0 Å². The SMILES string of the molecule is CCc1ccc(-c2noc(C[NH+](C)CC(=O)Nc3ccc(F)cc3)n2)cc1. The lowest BCUT2D eigenvalue weighted by Crippen LogP contribution is -3.08. The molecule has 0 aliphatic heterocycles. The lowest BCUT2D eigenvalue weighted by atomic mass is 10.1. The van der Waals surface area contributed by atoms with Crippen molar-refractivity contribution >= 4 is 11.6 Å². The molecule has 2 N–H and O–H groups in total. The number of rotatable bonds is 7. The van der Waals surface area contributed by atoms with E-state index in [0.29, 0.717) is 23.9 Å². The average molecular weight is 369 g/mol. The first kappa shape index (κ1) is 18.7. The molecule has 1 unspecified atom stereocenters. The molecule has 0 bridgehead atoms. The molecule has 0 fully saturated rings. The van der Waals surface area contributed by atoms with Crippen LogP contribution in [0.2, 0.25) is 0 Å². The molecule has 1 aromatic heterocycles. The summed E-state index contributed by atoms with van der Waals surface area (Å²) < 4.78 is 18.2. The van der Waals surface area contributed by atoms with Crippen LogP contribution in [0.4, 0.5) is 10.1 Å². The van der Waals surface area contributed by atoms with E-state index in [0.717, 1.165) is 16.9 Å². The summed E-state index contributed by atoms with van der Waals surface area (Å²) in [6.45, 7) is 2.75. The normalized spacial score (nSPS) is 12.0. The molecular formula is C20H22FN4O2+. The van der Waals surface area contributed by atoms with Crippen LogP contribution in [0.15, 0.2) is 53.1 Å². The Morgan fingerprint density at radius 1 is 1.15 bits per heavy atom. The molecule has 1 heterocycles. The number of likely N-dealkylation sites (N-methyl/N-ethyl adjacent to an activating group) is 1. The van der Waals surface area contributed by atoms with Crippen molar-refractivity contribution in [1.29, 1.82) is 0 Å². The highest BCUT2D eigenvalue weighted by Gasteiger charge is 2.16. The summed E-state index contributed by atoms with van der Waals surface area (Å²) in [6, 6.07) is 13.7. The highest BCUT2D eigenvalue weighted by molar-refractivity contribution is 5.91. The van der Waals surface area contributed by atoms with Crippen LogP contribution >= 0.6 is 0 Å². The number of hydrogen-bond donors (Lipinski definition) is 2. The summed E-state index contributed by atoms with van der Waals surface area (Å²) in [5, 5.41) is 6.75. The number of benzene rings is 2. The van der Waals surface area contributed by atoms with E-state index in [9.17, 15) is 9.18 Å². The van der Waals surface area contributed by atoms with Crippen LogP contribution in [0, 0.1) is 5.82 Å². The molecule has 27 heavy (non-hydrogen) atoms. The van der Waals surface area contributed by atoms with Crippen LogP contribution in [-0.4, -0.2) is 29.6 Å². The topological polar surface area (TPSA) is 72.5 Å². The lowest BCUT2D eigenvalue weighted by molar-refractivity contribution is -0.886. The summed E-state index contributed by atoms with van der Waals surface area (Å²) in [5.74, 6) is 0.495. The molecule has 0 spiro atoms. The second kappa shape index (κ2) is 8.55. The van der Waals surface area contributed by atoms with E-state index in [-0.39, 0.29) is 18.3 Å². The first-order chi connectivity index (χ1) is 13.0. The van der Waals surface area contributed by atoms with E-state index >= 15 is 0 Å². The minimum atomic E-state index is -0.340. The van der Waals surface area contributed by atoms with Crippen molar-refractivity contribution < 1.29 is 18.6 Å². The number of anilines is 1. The monoisotopic (exact) mass is 369 g/mol. The van der Waals surface area contributed by atoms with Gasteiger partial charge < -0.3 is 14.7 Å². The fourth-order valence-electron chi connectivity index (χ4n) is 2.67. The van der Waals surface area contributed by atoms with Gasteiger partial charge in [0.2, 0.25) is 5.82 Å². The van der Waals surface area contributed by atoms with Crippen molar-refractivity contribution in [2.24, 2.45) is 0 Å². The largest absolute Gasteiger partial charge is 0.333 e. The third-order valence-electron chi connectivity index (χ3n) is 4.13. The van der Waals surface area contributed by atoms with Gasteiger partial charge in [0.25, 0.3) is 11.8 Å². The number of nitrogens with one attached hydrogen (secondary N) is 2. The first-order valence-corrected chi connectivity index (χ1v) is 8.82. The van der Waals surface area contributed by atoms with Crippen molar-refractivity contribution in [2.45, 2.75) is 19.9 Å². The summed E-state index contributed by atoms with van der Waals surface area (Å²) in [4.78, 5) is 17.4. The van der Waals surface area contributed by atoms with Crippen molar-refractivity contribution in [3.8, 4) is 11.4 Å². The van der Waals surface area contributed by atoms with E-state index in [2.05, 4.69) is 22.4 Å². The quantitative estimate of drug-likeness (QED) is 0.669. The van der Waals surface area contributed by atoms with E-state index in [1.807, 2.05) is 31.3 Å². The van der Waals surface area contributed by atoms with Crippen molar-refractivity contribution in [3.63, 3.8) is 0 Å². The second-order valence-electron chi connectivity index (χ2n) is 6.43. The number of carbonyl (C=O) groups excluding carboxylic acids is 1. The van der Waals surface area contributed by atoms with Crippen LogP contribution in [-0.2, 0) is 17.8 Å². The maximum Gasteiger partial charge on any atom is 0.282 e. The number of quaternary nitrogens is 1. The van der Waals surface area contributed by atoms with Crippen LogP contribution in [0.25, 0.3) is 11.4 Å². The molecule has 3 aromatic rings. The Morgan fingerprint density at radius 3 is 2.52 bits per heavy atom. The summed E-state index contributed by atoms with van der Waals surface area (Å²) >= 11 is 0. The van der Waals surface area contributed by atoms with E-state index < -0.39 is 0 Å². The Bertz CT molecular complexity index is 891. The molecule has 7 heteroatoms. The average Bonchev–Trinajstić information content (AvgIpc) is 3.12. The van der Waals surface area contributed by atoms with Crippen molar-refractivity contribution in [1.82, 2.24) is 10.1 Å². The molecule has 1 amide bonds. The molecule has 6 nitrogen and oxygen atoms in total. The number of carbonyl (C=O) groups is 1. The van der Waals surface area contributed by atoms with Crippen molar-refractivity contribution in [3.05, 3.63) is 65.8 Å². The van der Waals surface area contributed by atoms with Gasteiger partial charge in [0.05, 0.1) is 7.05 Å². The Kier molecular flexibility index (Phi) is 5.93. The Labute approximate surface area is 157 Å². The summed E-state index contributed by atoms with van der Waals surface area (Å²) in [5.41, 5.74) is 2.71. The van der Waals surface area contributed by atoms with Gasteiger partial charge in [0.1, 0.15) is 5.82 Å². The third kappa shape index (κ3) is 5.21. The second-order valence-corrected chi connectivity index (χ2v) is 6.43. The van der Waals surface area contributed by atoms with Crippen LogP contribution < -0.4 is 10.2 Å². The molecule has 1 atom stereocenters. The van der Waals surface area contributed by atoms with Crippen LogP contribution in [0.3, 0.4) is 0 Å². The summed E-state index contributed by atoms with van der Waals surface area (Å²) in [6.07, 6.45) is 0.978. The highest BCUT2D eigenvalue weighted by atomic mass is 19.1. The van der Waals surface area contributed by atoms with E-state index in [4.69, 9.17) is 4.52 Å². The van der Waals surface area contributed by atoms with Gasteiger partial charge in [-0.2, -0.15) is 4.98 Å². The molecule has 0 saturated heterocycles. The fraction of sp³-hybridized carbons (Fsp3) is 0.250. The zero-order valence-corrected chi connectivity index (χ0v) is 15.3. The van der Waals surface area contributed by atoms with Crippen molar-refractivity contribution in [2.75, 3.05) is 18.9 Å². The standard InChI is InChI=1S/C20H21FN4O2/c1-3-14-4-6-15(7-5-14)20-23-19(27-24-20)13-25(2)12-18(26)22-17-10-8-16(21)9-11-17/h4-11H,3,12-13H2,1-2H3,(H,22,26)/p+1. The lowest BCUT2D eigenvalue weighted by Gasteiger charge is -2.11. The van der Waals surface area contributed by atoms with Gasteiger partial charge in [0, 0.05) is 11.3 Å². The predicted molar refractivity (Wildman–Crippen MR) is 99.6 cm³/mol. The smallest absolute Gasteiger partial charge is 0.282 e. The molecule has 0 aliphatic carbocycles. The number of amides is 1. The number of halogens is 1. The van der Waals surface area contributed by atoms with E-state index in [1.165, 1.54) is 29.8 Å². The summed E-state index contributed by atoms with van der Waals surface area (Å²) in [7, 11) is 1.87. The zero-order valence-electron chi connectivity index (χ0n) is 15.3. The van der Waals surface area contributed by atoms with Gasteiger partial charge in [-0.15, -0.1) is 0 Å².